The molecule has 0 spiro atoms. The van der Waals surface area contributed by atoms with Gasteiger partial charge in [-0.3, -0.25) is 4.90 Å². The Labute approximate surface area is 112 Å². The number of nitrogens with one attached hydrogen (secondary N) is 1. The van der Waals surface area contributed by atoms with Gasteiger partial charge in [0.2, 0.25) is 0 Å². The number of hydrogen-bond donors (Lipinski definition) is 1. The minimum atomic E-state index is -0.0675. The molecule has 2 amide bonds. The molecule has 0 fully saturated rings. The van der Waals surface area contributed by atoms with E-state index in [1.54, 1.807) is 4.90 Å². The molecule has 3 nitrogen and oxygen atoms in total. The summed E-state index contributed by atoms with van der Waals surface area (Å²) in [7, 11) is 0. The third-order valence-electron chi connectivity index (χ3n) is 3.38. The zero-order chi connectivity index (χ0) is 13.2. The minimum Gasteiger partial charge on any atom is -0.338 e. The van der Waals surface area contributed by atoms with Crippen LogP contribution in [0.5, 0.6) is 0 Å². The van der Waals surface area contributed by atoms with Crippen LogP contribution in [0, 0.1) is 0 Å². The summed E-state index contributed by atoms with van der Waals surface area (Å²) in [5.74, 6) is 0. The van der Waals surface area contributed by atoms with Gasteiger partial charge < -0.3 is 5.32 Å². The maximum atomic E-state index is 12.3. The predicted molar refractivity (Wildman–Crippen MR) is 76.9 cm³/mol. The van der Waals surface area contributed by atoms with Crippen LogP contribution < -0.4 is 10.2 Å². The van der Waals surface area contributed by atoms with E-state index >= 15 is 0 Å². The normalized spacial score (nSPS) is 12.6. The number of carbonyl (C=O) groups excluding carboxylic acids is 1. The zero-order valence-corrected chi connectivity index (χ0v) is 10.9. The summed E-state index contributed by atoms with van der Waals surface area (Å²) in [5.41, 5.74) is 4.33. The molecule has 0 radical (unpaired) electrons. The van der Waals surface area contributed by atoms with Crippen LogP contribution in [-0.2, 0) is 6.42 Å². The standard InChI is InChI=1S/C16H16N2O/c1-2-17-16(19)18-14-9-5-3-7-12(14)11-13-8-4-6-10-15(13)18/h3-10H,2,11H2,1H3,(H,17,19). The Hall–Kier alpha value is -2.29. The quantitative estimate of drug-likeness (QED) is 0.828. The number of rotatable bonds is 1. The number of hydrogen-bond acceptors (Lipinski definition) is 1. The molecule has 3 heteroatoms. The van der Waals surface area contributed by atoms with Gasteiger partial charge in [0.15, 0.2) is 0 Å². The highest BCUT2D eigenvalue weighted by atomic mass is 16.2. The Bertz CT molecular complexity index is 576. The molecule has 0 bridgehead atoms. The van der Waals surface area contributed by atoms with Crippen LogP contribution in [0.4, 0.5) is 16.2 Å². The van der Waals surface area contributed by atoms with E-state index in [4.69, 9.17) is 0 Å². The van der Waals surface area contributed by atoms with Crippen LogP contribution in [0.15, 0.2) is 48.5 Å². The lowest BCUT2D eigenvalue weighted by molar-refractivity contribution is 0.249. The van der Waals surface area contributed by atoms with E-state index in [0.717, 1.165) is 17.8 Å². The molecule has 0 saturated carbocycles. The van der Waals surface area contributed by atoms with Gasteiger partial charge in [0.25, 0.3) is 0 Å². The Morgan fingerprint density at radius 1 is 1.05 bits per heavy atom. The third-order valence-corrected chi connectivity index (χ3v) is 3.38. The van der Waals surface area contributed by atoms with Gasteiger partial charge in [-0.2, -0.15) is 0 Å². The lowest BCUT2D eigenvalue weighted by Crippen LogP contribution is -2.38. The second-order valence-corrected chi connectivity index (χ2v) is 4.61. The van der Waals surface area contributed by atoms with E-state index in [1.807, 2.05) is 43.3 Å². The highest BCUT2D eigenvalue weighted by Crippen LogP contribution is 2.38. The third kappa shape index (κ3) is 1.97. The fourth-order valence-corrected chi connectivity index (χ4v) is 2.54. The van der Waals surface area contributed by atoms with Gasteiger partial charge in [-0.25, -0.2) is 4.79 Å². The topological polar surface area (TPSA) is 32.3 Å². The molecule has 0 unspecified atom stereocenters. The van der Waals surface area contributed by atoms with E-state index in [9.17, 15) is 4.79 Å². The van der Waals surface area contributed by atoms with Crippen molar-refractivity contribution >= 4 is 17.4 Å². The molecule has 2 aromatic rings. The number of carbonyl (C=O) groups is 1. The summed E-state index contributed by atoms with van der Waals surface area (Å²) in [6, 6.07) is 16.1. The van der Waals surface area contributed by atoms with E-state index in [1.165, 1.54) is 11.1 Å². The Morgan fingerprint density at radius 3 is 2.11 bits per heavy atom. The lowest BCUT2D eigenvalue weighted by atomic mass is 9.96. The largest absolute Gasteiger partial charge is 0.338 e. The van der Waals surface area contributed by atoms with Crippen LogP contribution >= 0.6 is 0 Å². The van der Waals surface area contributed by atoms with Crippen LogP contribution in [0.2, 0.25) is 0 Å². The van der Waals surface area contributed by atoms with Gasteiger partial charge >= 0.3 is 6.03 Å². The molecule has 1 N–H and O–H groups in total. The number of fused-ring (bicyclic) bond motifs is 2. The summed E-state index contributed by atoms with van der Waals surface area (Å²) in [4.78, 5) is 14.1. The monoisotopic (exact) mass is 252 g/mol. The molecule has 1 aliphatic rings. The molecule has 0 atom stereocenters. The summed E-state index contributed by atoms with van der Waals surface area (Å²) in [6.45, 7) is 2.55. The second kappa shape index (κ2) is 4.76. The molecule has 0 saturated heterocycles. The highest BCUT2D eigenvalue weighted by molar-refractivity contribution is 6.02. The fraction of sp³-hybridized carbons (Fsp3) is 0.188. The van der Waals surface area contributed by atoms with Gasteiger partial charge in [0.1, 0.15) is 0 Å². The summed E-state index contributed by atoms with van der Waals surface area (Å²) in [5, 5.41) is 2.88. The molecule has 1 aliphatic heterocycles. The van der Waals surface area contributed by atoms with Gasteiger partial charge in [-0.05, 0) is 30.2 Å². The van der Waals surface area contributed by atoms with Gasteiger partial charge in [-0.1, -0.05) is 36.4 Å². The number of para-hydroxylation sites is 2. The molecule has 19 heavy (non-hydrogen) atoms. The maximum absolute atomic E-state index is 12.3. The van der Waals surface area contributed by atoms with Crippen LogP contribution in [0.1, 0.15) is 18.1 Å². The smallest absolute Gasteiger partial charge is 0.326 e. The Kier molecular flexibility index (Phi) is 2.95. The summed E-state index contributed by atoms with van der Waals surface area (Å²) >= 11 is 0. The van der Waals surface area contributed by atoms with E-state index in [-0.39, 0.29) is 6.03 Å². The Balaban J connectivity index is 2.14. The Morgan fingerprint density at radius 2 is 1.58 bits per heavy atom. The van der Waals surface area contributed by atoms with Crippen molar-refractivity contribution in [2.75, 3.05) is 11.4 Å². The van der Waals surface area contributed by atoms with Crippen LogP contribution in [0.25, 0.3) is 0 Å². The number of urea groups is 1. The van der Waals surface area contributed by atoms with Crippen molar-refractivity contribution in [2.24, 2.45) is 0 Å². The van der Waals surface area contributed by atoms with Crippen molar-refractivity contribution < 1.29 is 4.79 Å². The van der Waals surface area contributed by atoms with Crippen molar-refractivity contribution in [3.63, 3.8) is 0 Å². The average Bonchev–Trinajstić information content (AvgIpc) is 2.44. The van der Waals surface area contributed by atoms with Crippen molar-refractivity contribution in [3.05, 3.63) is 59.7 Å². The summed E-state index contributed by atoms with van der Waals surface area (Å²) < 4.78 is 0. The molecule has 0 aromatic heterocycles. The molecular weight excluding hydrogens is 236 g/mol. The van der Waals surface area contributed by atoms with E-state index in [0.29, 0.717) is 6.54 Å². The van der Waals surface area contributed by atoms with Crippen LogP contribution in [-0.4, -0.2) is 12.6 Å². The van der Waals surface area contributed by atoms with Crippen molar-refractivity contribution in [3.8, 4) is 0 Å². The molecule has 2 aromatic carbocycles. The lowest BCUT2D eigenvalue weighted by Gasteiger charge is -2.31. The van der Waals surface area contributed by atoms with Crippen molar-refractivity contribution in [1.29, 1.82) is 0 Å². The minimum absolute atomic E-state index is 0.0675. The highest BCUT2D eigenvalue weighted by Gasteiger charge is 2.26. The van der Waals surface area contributed by atoms with Gasteiger partial charge in [0.05, 0.1) is 11.4 Å². The number of amides is 2. The maximum Gasteiger partial charge on any atom is 0.326 e. The van der Waals surface area contributed by atoms with Gasteiger partial charge in [0, 0.05) is 13.0 Å². The van der Waals surface area contributed by atoms with Crippen LogP contribution in [0.3, 0.4) is 0 Å². The number of benzene rings is 2. The first kappa shape index (κ1) is 11.8. The first-order valence-electron chi connectivity index (χ1n) is 6.55. The number of nitrogens with zero attached hydrogens (tertiary/aromatic N) is 1. The molecule has 96 valence electrons. The van der Waals surface area contributed by atoms with E-state index < -0.39 is 0 Å². The molecular formula is C16H16N2O. The molecule has 3 rings (SSSR count). The number of anilines is 2. The average molecular weight is 252 g/mol. The first-order valence-corrected chi connectivity index (χ1v) is 6.55. The van der Waals surface area contributed by atoms with E-state index in [2.05, 4.69) is 17.4 Å². The zero-order valence-electron chi connectivity index (χ0n) is 10.9. The van der Waals surface area contributed by atoms with Crippen molar-refractivity contribution in [1.82, 2.24) is 5.32 Å². The van der Waals surface area contributed by atoms with Gasteiger partial charge in [-0.15, -0.1) is 0 Å². The molecule has 0 aliphatic carbocycles. The van der Waals surface area contributed by atoms with Crippen molar-refractivity contribution in [2.45, 2.75) is 13.3 Å². The second-order valence-electron chi connectivity index (χ2n) is 4.61. The fourth-order valence-electron chi connectivity index (χ4n) is 2.54. The molecule has 1 heterocycles. The summed E-state index contributed by atoms with van der Waals surface area (Å²) in [6.07, 6.45) is 0.877. The first-order chi connectivity index (χ1) is 9.31. The predicted octanol–water partition coefficient (Wildman–Crippen LogP) is 3.46. The SMILES string of the molecule is CCNC(=O)N1c2ccccc2Cc2ccccc21.